The smallest absolute Gasteiger partial charge is 0.231 e. The minimum Gasteiger partial charge on any atom is -0.493 e. The van der Waals surface area contributed by atoms with E-state index in [2.05, 4.69) is 22.4 Å². The van der Waals surface area contributed by atoms with Crippen molar-refractivity contribution in [2.24, 2.45) is 0 Å². The molecule has 2 N–H and O–H groups in total. The molecule has 0 saturated carbocycles. The zero-order valence-electron chi connectivity index (χ0n) is 13.6. The van der Waals surface area contributed by atoms with E-state index in [1.807, 2.05) is 12.1 Å². The summed E-state index contributed by atoms with van der Waals surface area (Å²) in [4.78, 5) is 12.1. The van der Waals surface area contributed by atoms with E-state index in [1.165, 1.54) is 0 Å². The Kier molecular flexibility index (Phi) is 3.55. The summed E-state index contributed by atoms with van der Waals surface area (Å²) in [7, 11) is 1.60. The third kappa shape index (κ3) is 2.28. The number of hydrogen-bond acceptors (Lipinski definition) is 5. The van der Waals surface area contributed by atoms with Gasteiger partial charge in [-0.05, 0) is 24.1 Å². The summed E-state index contributed by atoms with van der Waals surface area (Å²) in [6.45, 7) is 2.30. The van der Waals surface area contributed by atoms with E-state index < -0.39 is 0 Å². The fraction of sp³-hybridized carbons (Fsp3) is 0.412. The number of aromatic nitrogens is 2. The average Bonchev–Trinajstić information content (AvgIpc) is 3.20. The molecule has 1 aromatic heterocycles. The van der Waals surface area contributed by atoms with Gasteiger partial charge in [-0.1, -0.05) is 13.3 Å². The molecule has 126 valence electrons. The van der Waals surface area contributed by atoms with E-state index in [0.717, 1.165) is 29.7 Å². The topological polar surface area (TPSA) is 85.5 Å². The van der Waals surface area contributed by atoms with Crippen molar-refractivity contribution >= 4 is 11.7 Å². The number of ether oxygens (including phenoxy) is 3. The number of aromatic amines is 1. The van der Waals surface area contributed by atoms with E-state index in [9.17, 15) is 4.79 Å². The average molecular weight is 329 g/mol. The number of amides is 1. The number of benzene rings is 1. The number of nitrogens with one attached hydrogen (secondary N) is 2. The van der Waals surface area contributed by atoms with Crippen LogP contribution in [0.5, 0.6) is 17.2 Å². The largest absolute Gasteiger partial charge is 0.493 e. The van der Waals surface area contributed by atoms with Crippen molar-refractivity contribution in [3.05, 3.63) is 29.0 Å². The first kappa shape index (κ1) is 14.9. The van der Waals surface area contributed by atoms with Gasteiger partial charge in [-0.3, -0.25) is 9.89 Å². The van der Waals surface area contributed by atoms with Crippen molar-refractivity contribution in [3.63, 3.8) is 0 Å². The number of nitrogens with zero attached hydrogens (tertiary/aromatic N) is 1. The molecule has 7 heteroatoms. The number of fused-ring (bicyclic) bond motifs is 2. The molecular weight excluding hydrogens is 310 g/mol. The maximum Gasteiger partial charge on any atom is 0.231 e. The molecule has 0 saturated heterocycles. The summed E-state index contributed by atoms with van der Waals surface area (Å²) in [5, 5.41) is 10.2. The SMILES string of the molecule is CCCc1[nH]nc2c1C(c1cc(OC)c3c(c1)OCO3)CC(=O)N2. The standard InChI is InChI=1S/C17H19N3O4/c1-3-4-11-15-10(7-14(21)18-17(15)20-19-11)9-5-12(22-2)16-13(6-9)23-8-24-16/h5-6,10H,3-4,7-8H2,1-2H3,(H2,18,19,20,21). The highest BCUT2D eigenvalue weighted by Gasteiger charge is 2.33. The van der Waals surface area contributed by atoms with Crippen LogP contribution in [0, 0.1) is 0 Å². The monoisotopic (exact) mass is 329 g/mol. The van der Waals surface area contributed by atoms with Gasteiger partial charge in [0.1, 0.15) is 0 Å². The first-order valence-corrected chi connectivity index (χ1v) is 8.05. The van der Waals surface area contributed by atoms with Crippen LogP contribution in [0.15, 0.2) is 12.1 Å². The number of carbonyl (C=O) groups excluding carboxylic acids is 1. The van der Waals surface area contributed by atoms with Crippen molar-refractivity contribution in [2.45, 2.75) is 32.1 Å². The summed E-state index contributed by atoms with van der Waals surface area (Å²) < 4.78 is 16.4. The summed E-state index contributed by atoms with van der Waals surface area (Å²) >= 11 is 0. The normalized spacial score (nSPS) is 18.2. The van der Waals surface area contributed by atoms with Gasteiger partial charge in [0.05, 0.1) is 7.11 Å². The first-order chi connectivity index (χ1) is 11.7. The number of rotatable bonds is 4. The predicted molar refractivity (Wildman–Crippen MR) is 86.8 cm³/mol. The van der Waals surface area contributed by atoms with Crippen LogP contribution < -0.4 is 19.5 Å². The van der Waals surface area contributed by atoms with Crippen molar-refractivity contribution in [2.75, 3.05) is 19.2 Å². The second-order valence-corrected chi connectivity index (χ2v) is 5.98. The number of methoxy groups -OCH3 is 1. The Morgan fingerprint density at radius 1 is 1.38 bits per heavy atom. The molecule has 1 aromatic carbocycles. The van der Waals surface area contributed by atoms with Gasteiger partial charge in [-0.2, -0.15) is 5.10 Å². The maximum atomic E-state index is 12.1. The molecule has 2 aliphatic rings. The fourth-order valence-electron chi connectivity index (χ4n) is 3.40. The first-order valence-electron chi connectivity index (χ1n) is 8.05. The van der Waals surface area contributed by atoms with Crippen LogP contribution in [0.1, 0.15) is 42.5 Å². The third-order valence-corrected chi connectivity index (χ3v) is 4.46. The van der Waals surface area contributed by atoms with Gasteiger partial charge in [0.25, 0.3) is 0 Å². The molecule has 24 heavy (non-hydrogen) atoms. The van der Waals surface area contributed by atoms with E-state index in [-0.39, 0.29) is 18.6 Å². The highest BCUT2D eigenvalue weighted by atomic mass is 16.7. The molecule has 4 rings (SSSR count). The van der Waals surface area contributed by atoms with Crippen molar-refractivity contribution in [3.8, 4) is 17.2 Å². The highest BCUT2D eigenvalue weighted by molar-refractivity contribution is 5.94. The molecule has 0 radical (unpaired) electrons. The van der Waals surface area contributed by atoms with Crippen molar-refractivity contribution < 1.29 is 19.0 Å². The summed E-state index contributed by atoms with van der Waals surface area (Å²) in [6, 6.07) is 3.85. The molecule has 0 fully saturated rings. The van der Waals surface area contributed by atoms with E-state index in [4.69, 9.17) is 14.2 Å². The Labute approximate surface area is 139 Å². The molecule has 1 unspecified atom stereocenters. The lowest BCUT2D eigenvalue weighted by Gasteiger charge is -2.24. The summed E-state index contributed by atoms with van der Waals surface area (Å²) in [6.07, 6.45) is 2.25. The van der Waals surface area contributed by atoms with Crippen LogP contribution in [-0.4, -0.2) is 30.0 Å². The lowest BCUT2D eigenvalue weighted by Crippen LogP contribution is -2.23. The second-order valence-electron chi connectivity index (χ2n) is 5.98. The van der Waals surface area contributed by atoms with Crippen LogP contribution in [0.3, 0.4) is 0 Å². The molecule has 2 aromatic rings. The zero-order valence-corrected chi connectivity index (χ0v) is 13.6. The molecule has 0 aliphatic carbocycles. The Balaban J connectivity index is 1.83. The predicted octanol–water partition coefficient (Wildman–Crippen LogP) is 2.57. The Hall–Kier alpha value is -2.70. The number of H-pyrrole nitrogens is 1. The van der Waals surface area contributed by atoms with E-state index in [0.29, 0.717) is 29.5 Å². The van der Waals surface area contributed by atoms with Crippen LogP contribution in [0.25, 0.3) is 0 Å². The number of carbonyl (C=O) groups is 1. The van der Waals surface area contributed by atoms with Gasteiger partial charge in [0.15, 0.2) is 17.3 Å². The van der Waals surface area contributed by atoms with Crippen molar-refractivity contribution in [1.29, 1.82) is 0 Å². The number of aryl methyl sites for hydroxylation is 1. The van der Waals surface area contributed by atoms with Gasteiger partial charge < -0.3 is 19.5 Å². The summed E-state index contributed by atoms with van der Waals surface area (Å²) in [5.74, 6) is 2.38. The highest BCUT2D eigenvalue weighted by Crippen LogP contribution is 2.46. The van der Waals surface area contributed by atoms with Crippen LogP contribution in [0.2, 0.25) is 0 Å². The molecule has 1 atom stereocenters. The zero-order chi connectivity index (χ0) is 16.7. The quantitative estimate of drug-likeness (QED) is 0.900. The van der Waals surface area contributed by atoms with Gasteiger partial charge in [0, 0.05) is 23.6 Å². The Morgan fingerprint density at radius 2 is 2.25 bits per heavy atom. The second kappa shape index (κ2) is 5.74. The maximum absolute atomic E-state index is 12.1. The molecule has 3 heterocycles. The lowest BCUT2D eigenvalue weighted by molar-refractivity contribution is -0.116. The van der Waals surface area contributed by atoms with E-state index >= 15 is 0 Å². The van der Waals surface area contributed by atoms with Gasteiger partial charge in [0.2, 0.25) is 18.4 Å². The van der Waals surface area contributed by atoms with Crippen molar-refractivity contribution in [1.82, 2.24) is 10.2 Å². The Morgan fingerprint density at radius 3 is 3.04 bits per heavy atom. The molecule has 0 spiro atoms. The number of hydrogen-bond donors (Lipinski definition) is 2. The lowest BCUT2D eigenvalue weighted by atomic mass is 9.84. The molecule has 1 amide bonds. The molecular formula is C17H19N3O4. The van der Waals surface area contributed by atoms with Crippen LogP contribution >= 0.6 is 0 Å². The molecule has 2 aliphatic heterocycles. The molecule has 0 bridgehead atoms. The summed E-state index contributed by atoms with van der Waals surface area (Å²) in [5.41, 5.74) is 3.08. The fourth-order valence-corrected chi connectivity index (χ4v) is 3.40. The van der Waals surface area contributed by atoms with Crippen LogP contribution in [-0.2, 0) is 11.2 Å². The van der Waals surface area contributed by atoms with Gasteiger partial charge in [-0.15, -0.1) is 0 Å². The number of anilines is 1. The molecule has 7 nitrogen and oxygen atoms in total. The van der Waals surface area contributed by atoms with E-state index in [1.54, 1.807) is 7.11 Å². The Bertz CT molecular complexity index is 799. The van der Waals surface area contributed by atoms with Gasteiger partial charge >= 0.3 is 0 Å². The van der Waals surface area contributed by atoms with Gasteiger partial charge in [-0.25, -0.2) is 0 Å². The van der Waals surface area contributed by atoms with Crippen LogP contribution in [0.4, 0.5) is 5.82 Å². The minimum absolute atomic E-state index is 0.0429. The minimum atomic E-state index is -0.0857. The third-order valence-electron chi connectivity index (χ3n) is 4.46.